The van der Waals surface area contributed by atoms with Gasteiger partial charge in [-0.15, -0.1) is 0 Å². The van der Waals surface area contributed by atoms with Crippen molar-refractivity contribution >= 4 is 5.65 Å². The van der Waals surface area contributed by atoms with Crippen molar-refractivity contribution < 1.29 is 13.2 Å². The van der Waals surface area contributed by atoms with E-state index in [0.29, 0.717) is 5.69 Å². The van der Waals surface area contributed by atoms with E-state index in [1.54, 1.807) is 0 Å². The Morgan fingerprint density at radius 2 is 2.00 bits per heavy atom. The summed E-state index contributed by atoms with van der Waals surface area (Å²) in [6.07, 6.45) is -1.75. The number of hydrogen-bond donors (Lipinski definition) is 0. The maximum absolute atomic E-state index is 12.6. The third kappa shape index (κ3) is 1.75. The summed E-state index contributed by atoms with van der Waals surface area (Å²) in [6.45, 7) is 3.74. The largest absolute Gasteiger partial charge is 0.420 e. The number of aromatic nitrogens is 3. The van der Waals surface area contributed by atoms with Crippen LogP contribution in [0.4, 0.5) is 13.2 Å². The van der Waals surface area contributed by atoms with Gasteiger partial charge in [0.15, 0.2) is 5.65 Å². The second-order valence-electron chi connectivity index (χ2n) is 3.83. The van der Waals surface area contributed by atoms with Crippen molar-refractivity contribution in [1.82, 2.24) is 14.6 Å². The van der Waals surface area contributed by atoms with Crippen LogP contribution >= 0.6 is 0 Å². The number of alkyl halides is 3. The molecular formula is C10H10F3N3. The van der Waals surface area contributed by atoms with Gasteiger partial charge in [0.25, 0.3) is 0 Å². The maximum Gasteiger partial charge on any atom is 0.420 e. The first kappa shape index (κ1) is 10.9. The van der Waals surface area contributed by atoms with Crippen molar-refractivity contribution in [2.45, 2.75) is 25.9 Å². The summed E-state index contributed by atoms with van der Waals surface area (Å²) < 4.78 is 39.1. The van der Waals surface area contributed by atoms with E-state index in [-0.39, 0.29) is 11.6 Å². The van der Waals surface area contributed by atoms with Gasteiger partial charge in [-0.2, -0.15) is 18.3 Å². The van der Waals surface area contributed by atoms with Crippen molar-refractivity contribution in [2.24, 2.45) is 0 Å². The first-order chi connectivity index (χ1) is 7.39. The molecule has 0 atom stereocenters. The van der Waals surface area contributed by atoms with Crippen molar-refractivity contribution in [3.05, 3.63) is 29.7 Å². The number of rotatable bonds is 1. The van der Waals surface area contributed by atoms with Crippen molar-refractivity contribution in [1.29, 1.82) is 0 Å². The van der Waals surface area contributed by atoms with Gasteiger partial charge in [0.1, 0.15) is 5.56 Å². The molecule has 0 fully saturated rings. The average Bonchev–Trinajstić information content (AvgIpc) is 2.58. The van der Waals surface area contributed by atoms with E-state index in [1.807, 2.05) is 13.8 Å². The zero-order valence-electron chi connectivity index (χ0n) is 8.78. The highest BCUT2D eigenvalue weighted by Gasteiger charge is 2.34. The first-order valence-corrected chi connectivity index (χ1v) is 4.81. The standard InChI is InChI=1S/C10H10F3N3/c1-6(2)8-5-16-9(15-8)7(3-4-14-16)10(11,12)13/h3-6H,1-2H3. The summed E-state index contributed by atoms with van der Waals surface area (Å²) >= 11 is 0. The Morgan fingerprint density at radius 1 is 1.31 bits per heavy atom. The Bertz CT molecular complexity index is 513. The molecule has 0 unspecified atom stereocenters. The van der Waals surface area contributed by atoms with Gasteiger partial charge in [-0.05, 0) is 12.0 Å². The van der Waals surface area contributed by atoms with E-state index in [9.17, 15) is 13.2 Å². The van der Waals surface area contributed by atoms with Crippen LogP contribution in [0.2, 0.25) is 0 Å². The Morgan fingerprint density at radius 3 is 2.56 bits per heavy atom. The van der Waals surface area contributed by atoms with Crippen molar-refractivity contribution in [3.8, 4) is 0 Å². The van der Waals surface area contributed by atoms with E-state index < -0.39 is 11.7 Å². The van der Waals surface area contributed by atoms with E-state index >= 15 is 0 Å². The van der Waals surface area contributed by atoms with Gasteiger partial charge in [0.2, 0.25) is 0 Å². The molecule has 16 heavy (non-hydrogen) atoms. The van der Waals surface area contributed by atoms with Crippen LogP contribution in [0.5, 0.6) is 0 Å². The highest BCUT2D eigenvalue weighted by Crippen LogP contribution is 2.31. The highest BCUT2D eigenvalue weighted by atomic mass is 19.4. The van der Waals surface area contributed by atoms with Crippen molar-refractivity contribution in [3.63, 3.8) is 0 Å². The van der Waals surface area contributed by atoms with Crippen LogP contribution in [0.15, 0.2) is 18.5 Å². The summed E-state index contributed by atoms with van der Waals surface area (Å²) in [7, 11) is 0. The lowest BCUT2D eigenvalue weighted by Gasteiger charge is -2.06. The molecule has 0 aliphatic rings. The quantitative estimate of drug-likeness (QED) is 0.752. The number of fused-ring (bicyclic) bond motifs is 1. The Hall–Kier alpha value is -1.59. The van der Waals surface area contributed by atoms with Gasteiger partial charge in [-0.25, -0.2) is 9.50 Å². The van der Waals surface area contributed by atoms with E-state index in [0.717, 1.165) is 16.8 Å². The number of halogens is 3. The Balaban J connectivity index is 2.68. The predicted molar refractivity (Wildman–Crippen MR) is 52.1 cm³/mol. The van der Waals surface area contributed by atoms with E-state index in [1.165, 1.54) is 6.20 Å². The van der Waals surface area contributed by atoms with Crippen LogP contribution in [0, 0.1) is 0 Å². The second-order valence-corrected chi connectivity index (χ2v) is 3.83. The first-order valence-electron chi connectivity index (χ1n) is 4.81. The molecule has 0 aliphatic carbocycles. The fraction of sp³-hybridized carbons (Fsp3) is 0.400. The molecule has 0 aromatic carbocycles. The predicted octanol–water partition coefficient (Wildman–Crippen LogP) is 2.87. The molecule has 2 aromatic rings. The maximum atomic E-state index is 12.6. The summed E-state index contributed by atoms with van der Waals surface area (Å²) in [4.78, 5) is 3.96. The highest BCUT2D eigenvalue weighted by molar-refractivity contribution is 5.49. The molecule has 86 valence electrons. The fourth-order valence-corrected chi connectivity index (χ4v) is 1.41. The van der Waals surface area contributed by atoms with Crippen LogP contribution in [0.1, 0.15) is 31.0 Å². The third-order valence-electron chi connectivity index (χ3n) is 2.28. The molecule has 0 spiro atoms. The molecule has 2 heterocycles. The smallest absolute Gasteiger partial charge is 0.231 e. The summed E-state index contributed by atoms with van der Waals surface area (Å²) in [5, 5.41) is 3.81. The lowest BCUT2D eigenvalue weighted by atomic mass is 10.2. The molecule has 2 rings (SSSR count). The minimum absolute atomic E-state index is 0.0720. The molecule has 0 N–H and O–H groups in total. The topological polar surface area (TPSA) is 30.2 Å². The van der Waals surface area contributed by atoms with Crippen LogP contribution in [0.3, 0.4) is 0 Å². The van der Waals surface area contributed by atoms with Gasteiger partial charge >= 0.3 is 6.18 Å². The van der Waals surface area contributed by atoms with Crippen molar-refractivity contribution in [2.75, 3.05) is 0 Å². The van der Waals surface area contributed by atoms with Crippen LogP contribution in [0.25, 0.3) is 5.65 Å². The second kappa shape index (κ2) is 3.47. The monoisotopic (exact) mass is 229 g/mol. The normalized spacial score (nSPS) is 12.6. The molecule has 0 saturated carbocycles. The number of nitrogens with zero attached hydrogens (tertiary/aromatic N) is 3. The minimum atomic E-state index is -4.40. The number of imidazole rings is 1. The van der Waals surface area contributed by atoms with E-state index in [4.69, 9.17) is 0 Å². The lowest BCUT2D eigenvalue weighted by molar-refractivity contribution is -0.136. The van der Waals surface area contributed by atoms with Gasteiger partial charge in [0, 0.05) is 6.20 Å². The van der Waals surface area contributed by atoms with Gasteiger partial charge < -0.3 is 0 Å². The third-order valence-corrected chi connectivity index (χ3v) is 2.28. The van der Waals surface area contributed by atoms with Crippen LogP contribution in [-0.4, -0.2) is 14.6 Å². The number of hydrogen-bond acceptors (Lipinski definition) is 2. The molecular weight excluding hydrogens is 219 g/mol. The minimum Gasteiger partial charge on any atom is -0.231 e. The SMILES string of the molecule is CC(C)c1cn2nccc(C(F)(F)F)c2n1. The Labute approximate surface area is 89.9 Å². The van der Waals surface area contributed by atoms with Gasteiger partial charge in [-0.1, -0.05) is 13.8 Å². The average molecular weight is 229 g/mol. The molecule has 0 radical (unpaired) electrons. The fourth-order valence-electron chi connectivity index (χ4n) is 1.41. The summed E-state index contributed by atoms with van der Waals surface area (Å²) in [6, 6.07) is 0.937. The van der Waals surface area contributed by atoms with Crippen LogP contribution < -0.4 is 0 Å². The van der Waals surface area contributed by atoms with Crippen LogP contribution in [-0.2, 0) is 6.18 Å². The zero-order valence-corrected chi connectivity index (χ0v) is 8.78. The zero-order chi connectivity index (χ0) is 11.9. The molecule has 0 aliphatic heterocycles. The summed E-state index contributed by atoms with van der Waals surface area (Å²) in [5.74, 6) is 0.0720. The molecule has 0 bridgehead atoms. The van der Waals surface area contributed by atoms with Gasteiger partial charge in [-0.3, -0.25) is 0 Å². The molecule has 6 heteroatoms. The lowest BCUT2D eigenvalue weighted by Crippen LogP contribution is -2.08. The Kier molecular flexibility index (Phi) is 2.36. The molecule has 2 aromatic heterocycles. The summed E-state index contributed by atoms with van der Waals surface area (Å²) in [5.41, 5.74) is -0.294. The molecule has 3 nitrogen and oxygen atoms in total. The molecule has 0 amide bonds. The van der Waals surface area contributed by atoms with Gasteiger partial charge in [0.05, 0.1) is 11.9 Å². The van der Waals surface area contributed by atoms with E-state index in [2.05, 4.69) is 10.1 Å². The molecule has 0 saturated heterocycles.